The van der Waals surface area contributed by atoms with Gasteiger partial charge in [-0.05, 0) is 41.8 Å². The molecule has 1 aliphatic carbocycles. The maximum Gasteiger partial charge on any atom is 0.319 e. The Labute approximate surface area is 191 Å². The van der Waals surface area contributed by atoms with Gasteiger partial charge in [0.05, 0.1) is 11.9 Å². The summed E-state index contributed by atoms with van der Waals surface area (Å²) in [5, 5.41) is 12.2. The second-order valence-electron chi connectivity index (χ2n) is 7.00. The van der Waals surface area contributed by atoms with E-state index in [-0.39, 0.29) is 23.2 Å². The predicted octanol–water partition coefficient (Wildman–Crippen LogP) is 3.19. The molecule has 0 bridgehead atoms. The number of nitrogens with one attached hydrogen (secondary N) is 1. The molecular weight excluding hydrogens is 448 g/mol. The molecule has 10 nitrogen and oxygen atoms in total. The Kier molecular flexibility index (Phi) is 6.37. The third kappa shape index (κ3) is 4.86. The number of aromatic nitrogens is 3. The zero-order chi connectivity index (χ0) is 23.3. The molecule has 2 N–H and O–H groups in total. The quantitative estimate of drug-likeness (QED) is 0.321. The minimum absolute atomic E-state index is 0.144. The molecule has 0 spiro atoms. The van der Waals surface area contributed by atoms with Gasteiger partial charge in [-0.3, -0.25) is 9.59 Å². The van der Waals surface area contributed by atoms with E-state index < -0.39 is 11.4 Å². The second-order valence-corrected chi connectivity index (χ2v) is 7.80. The number of carbonyl (C=O) groups is 2. The van der Waals surface area contributed by atoms with Gasteiger partial charge in [0.1, 0.15) is 16.9 Å². The fourth-order valence-electron chi connectivity index (χ4n) is 2.87. The number of anilines is 1. The summed E-state index contributed by atoms with van der Waals surface area (Å²) in [5.74, 6) is 5.06. The summed E-state index contributed by atoms with van der Waals surface area (Å²) in [4.78, 5) is 30.0. The number of carboxylic acids is 1. The van der Waals surface area contributed by atoms with E-state index in [2.05, 4.69) is 36.2 Å². The Balaban J connectivity index is 0.000000219. The van der Waals surface area contributed by atoms with Crippen molar-refractivity contribution in [2.45, 2.75) is 24.9 Å². The van der Waals surface area contributed by atoms with Gasteiger partial charge in [-0.1, -0.05) is 30.3 Å². The molecule has 0 atom stereocenters. The molecule has 4 aromatic rings. The molecule has 1 saturated carbocycles. The lowest BCUT2D eigenvalue weighted by atomic mass is 10.1. The number of nitrogens with zero attached hydrogens (tertiary/aromatic N) is 3. The van der Waals surface area contributed by atoms with Gasteiger partial charge in [0.25, 0.3) is 23.8 Å². The molecule has 3 aromatic heterocycles. The van der Waals surface area contributed by atoms with E-state index in [1.165, 1.54) is 11.5 Å². The van der Waals surface area contributed by atoms with Gasteiger partial charge in [-0.25, -0.2) is 0 Å². The van der Waals surface area contributed by atoms with Crippen LogP contribution in [0.3, 0.4) is 0 Å². The summed E-state index contributed by atoms with van der Waals surface area (Å²) in [6, 6.07) is 9.55. The van der Waals surface area contributed by atoms with Crippen molar-refractivity contribution in [3.8, 4) is 11.8 Å². The van der Waals surface area contributed by atoms with Crippen molar-refractivity contribution in [3.05, 3.63) is 58.8 Å². The molecule has 168 valence electrons. The first kappa shape index (κ1) is 22.0. The van der Waals surface area contributed by atoms with Gasteiger partial charge in [0.2, 0.25) is 5.89 Å². The van der Waals surface area contributed by atoms with Crippen molar-refractivity contribution < 1.29 is 28.3 Å². The molecule has 1 aromatic carbocycles. The third-order valence-electron chi connectivity index (χ3n) is 4.83. The summed E-state index contributed by atoms with van der Waals surface area (Å²) < 4.78 is 19.4. The van der Waals surface area contributed by atoms with Crippen molar-refractivity contribution >= 4 is 41.1 Å². The maximum atomic E-state index is 11.3. The van der Waals surface area contributed by atoms with Crippen LogP contribution in [0.1, 0.15) is 35.1 Å². The SMILES string of the molecule is CNc1cnsc1C#Cc1nc2oc(C3(C(=O)O)CC3)nc2o1.O=COCc1ccccc1. The van der Waals surface area contributed by atoms with Crippen LogP contribution >= 0.6 is 11.5 Å². The monoisotopic (exact) mass is 466 g/mol. The normalized spacial score (nSPS) is 13.2. The number of ether oxygens (including phenoxy) is 1. The van der Waals surface area contributed by atoms with Crippen LogP contribution in [-0.4, -0.2) is 38.9 Å². The number of hydrogen-bond acceptors (Lipinski definition) is 10. The number of hydrogen-bond donors (Lipinski definition) is 2. The molecule has 33 heavy (non-hydrogen) atoms. The van der Waals surface area contributed by atoms with E-state index >= 15 is 0 Å². The highest BCUT2D eigenvalue weighted by Gasteiger charge is 2.56. The zero-order valence-corrected chi connectivity index (χ0v) is 18.2. The Morgan fingerprint density at radius 1 is 1.24 bits per heavy atom. The van der Waals surface area contributed by atoms with E-state index in [1.54, 1.807) is 13.2 Å². The number of aliphatic carboxylic acids is 1. The summed E-state index contributed by atoms with van der Waals surface area (Å²) in [5.41, 5.74) is 1.15. The lowest BCUT2D eigenvalue weighted by molar-refractivity contribution is -0.140. The zero-order valence-electron chi connectivity index (χ0n) is 17.4. The summed E-state index contributed by atoms with van der Waals surface area (Å²) in [7, 11) is 1.79. The first-order valence-corrected chi connectivity index (χ1v) is 10.6. The molecule has 0 aliphatic heterocycles. The van der Waals surface area contributed by atoms with Gasteiger partial charge >= 0.3 is 5.97 Å². The summed E-state index contributed by atoms with van der Waals surface area (Å²) in [6.45, 7) is 0.817. The molecule has 0 saturated heterocycles. The van der Waals surface area contributed by atoms with E-state index in [1.807, 2.05) is 30.3 Å². The second kappa shape index (κ2) is 9.54. The highest BCUT2D eigenvalue weighted by molar-refractivity contribution is 7.06. The lowest BCUT2D eigenvalue weighted by Crippen LogP contribution is -2.19. The fourth-order valence-corrected chi connectivity index (χ4v) is 3.48. The van der Waals surface area contributed by atoms with Crippen molar-refractivity contribution in [1.29, 1.82) is 0 Å². The Morgan fingerprint density at radius 3 is 2.64 bits per heavy atom. The molecule has 1 fully saturated rings. The minimum atomic E-state index is -1.01. The maximum absolute atomic E-state index is 11.3. The van der Waals surface area contributed by atoms with Gasteiger partial charge in [0.15, 0.2) is 0 Å². The molecule has 1 aliphatic rings. The largest absolute Gasteiger partial charge is 0.480 e. The highest BCUT2D eigenvalue weighted by Crippen LogP contribution is 2.48. The van der Waals surface area contributed by atoms with E-state index in [0.717, 1.165) is 16.1 Å². The number of rotatable bonds is 6. The topological polar surface area (TPSA) is 141 Å². The molecular formula is C22H18N4O6S. The first-order chi connectivity index (χ1) is 16.1. The average Bonchev–Trinajstić information content (AvgIpc) is 3.15. The van der Waals surface area contributed by atoms with Gasteiger partial charge in [-0.15, -0.1) is 0 Å². The predicted molar refractivity (Wildman–Crippen MR) is 118 cm³/mol. The van der Waals surface area contributed by atoms with Gasteiger partial charge in [-0.2, -0.15) is 14.3 Å². The van der Waals surface area contributed by atoms with Crippen LogP contribution in [0.4, 0.5) is 5.69 Å². The lowest BCUT2D eigenvalue weighted by Gasteiger charge is -2.01. The first-order valence-electron chi connectivity index (χ1n) is 9.80. The van der Waals surface area contributed by atoms with Crippen LogP contribution in [0.5, 0.6) is 0 Å². The standard InChI is InChI=1S/C14H10N4O4S.C8H8O2/c1-15-7-6-16-23-8(7)2-3-9-17-10-11(21-9)18-12(22-10)14(4-5-14)13(19)20;9-7-10-6-8-4-2-1-3-5-8/h6,15H,4-5H2,1H3,(H,19,20);1-5,7H,6H2. The van der Waals surface area contributed by atoms with E-state index in [4.69, 9.17) is 8.83 Å². The van der Waals surface area contributed by atoms with Crippen molar-refractivity contribution in [1.82, 2.24) is 14.3 Å². The van der Waals surface area contributed by atoms with Crippen LogP contribution < -0.4 is 5.32 Å². The average molecular weight is 466 g/mol. The number of benzene rings is 1. The van der Waals surface area contributed by atoms with Crippen LogP contribution in [0.25, 0.3) is 11.4 Å². The van der Waals surface area contributed by atoms with Crippen molar-refractivity contribution in [3.63, 3.8) is 0 Å². The smallest absolute Gasteiger partial charge is 0.319 e. The van der Waals surface area contributed by atoms with Gasteiger partial charge in [0, 0.05) is 7.05 Å². The Morgan fingerprint density at radius 2 is 2.00 bits per heavy atom. The molecule has 11 heteroatoms. The number of carboxylic acid groups (broad SMARTS) is 1. The van der Waals surface area contributed by atoms with Gasteiger partial charge < -0.3 is 24.0 Å². The fraction of sp³-hybridized carbons (Fsp3) is 0.227. The highest BCUT2D eigenvalue weighted by atomic mass is 32.1. The number of oxazole rings is 2. The summed E-state index contributed by atoms with van der Waals surface area (Å²) >= 11 is 1.26. The van der Waals surface area contributed by atoms with Crippen LogP contribution in [-0.2, 0) is 26.3 Å². The minimum Gasteiger partial charge on any atom is -0.480 e. The van der Waals surface area contributed by atoms with E-state index in [9.17, 15) is 14.7 Å². The Hall–Kier alpha value is -4.17. The van der Waals surface area contributed by atoms with E-state index in [0.29, 0.717) is 25.9 Å². The van der Waals surface area contributed by atoms with Crippen LogP contribution in [0.2, 0.25) is 0 Å². The molecule has 3 heterocycles. The number of fused-ring (bicyclic) bond motifs is 1. The van der Waals surface area contributed by atoms with Crippen LogP contribution in [0.15, 0.2) is 45.4 Å². The van der Waals surface area contributed by atoms with Crippen molar-refractivity contribution in [2.75, 3.05) is 12.4 Å². The molecule has 0 radical (unpaired) electrons. The molecule has 0 unspecified atom stereocenters. The Bertz CT molecular complexity index is 1300. The number of carbonyl (C=O) groups excluding carboxylic acids is 1. The molecule has 0 amide bonds. The van der Waals surface area contributed by atoms with Crippen LogP contribution in [0, 0.1) is 11.8 Å². The molecule has 5 rings (SSSR count). The summed E-state index contributed by atoms with van der Waals surface area (Å²) in [6.07, 6.45) is 2.71. The third-order valence-corrected chi connectivity index (χ3v) is 5.54. The van der Waals surface area contributed by atoms with Crippen molar-refractivity contribution in [2.24, 2.45) is 0 Å².